The number of benzene rings is 1. The van der Waals surface area contributed by atoms with Gasteiger partial charge in [0.1, 0.15) is 5.76 Å². The number of carbonyl (C=O) groups excluding carboxylic acids is 1. The lowest BCUT2D eigenvalue weighted by molar-refractivity contribution is -0.132. The number of ether oxygens (including phenoxy) is 1. The van der Waals surface area contributed by atoms with Crippen molar-refractivity contribution in [3.63, 3.8) is 0 Å². The molecule has 0 aliphatic heterocycles. The van der Waals surface area contributed by atoms with Crippen molar-refractivity contribution in [2.75, 3.05) is 13.7 Å². The highest BCUT2D eigenvalue weighted by Crippen LogP contribution is 2.31. The van der Waals surface area contributed by atoms with Crippen molar-refractivity contribution in [2.24, 2.45) is 5.92 Å². The summed E-state index contributed by atoms with van der Waals surface area (Å²) >= 11 is 0. The number of hydrogen-bond acceptors (Lipinski definition) is 2. The normalized spacial score (nSPS) is 14.6. The molecule has 0 atom stereocenters. The summed E-state index contributed by atoms with van der Waals surface area (Å²) in [5, 5.41) is 0. The molecule has 1 fully saturated rings. The zero-order valence-corrected chi connectivity index (χ0v) is 12.9. The summed E-state index contributed by atoms with van der Waals surface area (Å²) in [4.78, 5) is 14.3. The first-order valence-corrected chi connectivity index (χ1v) is 7.44. The largest absolute Gasteiger partial charge is 0.496 e. The minimum Gasteiger partial charge on any atom is -0.496 e. The summed E-state index contributed by atoms with van der Waals surface area (Å²) in [5.41, 5.74) is 1.14. The number of amides is 1. The van der Waals surface area contributed by atoms with Gasteiger partial charge < -0.3 is 9.64 Å². The van der Waals surface area contributed by atoms with Crippen molar-refractivity contribution in [3.8, 4) is 12.3 Å². The number of nitrogens with zero attached hydrogens (tertiary/aromatic N) is 1. The monoisotopic (exact) mass is 295 g/mol. The van der Waals surface area contributed by atoms with Gasteiger partial charge in [0.05, 0.1) is 7.11 Å². The van der Waals surface area contributed by atoms with Crippen LogP contribution in [0.5, 0.6) is 0 Å². The van der Waals surface area contributed by atoms with Gasteiger partial charge in [0.25, 0.3) is 0 Å². The summed E-state index contributed by atoms with van der Waals surface area (Å²) in [7, 11) is 1.57. The van der Waals surface area contributed by atoms with Crippen LogP contribution in [0.3, 0.4) is 0 Å². The minimum atomic E-state index is 0.209. The van der Waals surface area contributed by atoms with E-state index in [-0.39, 0.29) is 11.8 Å². The van der Waals surface area contributed by atoms with Gasteiger partial charge in [-0.05, 0) is 24.5 Å². The van der Waals surface area contributed by atoms with Crippen molar-refractivity contribution in [1.29, 1.82) is 0 Å². The lowest BCUT2D eigenvalue weighted by Gasteiger charge is -2.21. The Morgan fingerprint density at radius 2 is 2.14 bits per heavy atom. The molecule has 3 nitrogen and oxygen atoms in total. The summed E-state index contributed by atoms with van der Waals surface area (Å²) in [6.07, 6.45) is 12.5. The molecule has 1 aromatic rings. The van der Waals surface area contributed by atoms with Gasteiger partial charge in [0, 0.05) is 25.1 Å². The van der Waals surface area contributed by atoms with E-state index in [0.29, 0.717) is 18.8 Å². The van der Waals surface area contributed by atoms with E-state index in [1.54, 1.807) is 19.3 Å². The molecule has 1 aliphatic carbocycles. The van der Waals surface area contributed by atoms with Crippen LogP contribution in [0, 0.1) is 18.3 Å². The van der Waals surface area contributed by atoms with E-state index < -0.39 is 0 Å². The van der Waals surface area contributed by atoms with Gasteiger partial charge in [-0.2, -0.15) is 0 Å². The molecule has 0 radical (unpaired) electrons. The lowest BCUT2D eigenvalue weighted by atomic mass is 10.2. The highest BCUT2D eigenvalue weighted by Gasteiger charge is 2.32. The maximum atomic E-state index is 12.4. The van der Waals surface area contributed by atoms with Crippen LogP contribution in [0.4, 0.5) is 0 Å². The molecule has 0 aromatic heterocycles. The Bertz CT molecular complexity index is 592. The van der Waals surface area contributed by atoms with Crippen LogP contribution < -0.4 is 0 Å². The van der Waals surface area contributed by atoms with E-state index in [1.807, 2.05) is 41.3 Å². The van der Waals surface area contributed by atoms with Crippen LogP contribution >= 0.6 is 0 Å². The molecular formula is C19H21NO2. The molecule has 1 amide bonds. The fourth-order valence-corrected chi connectivity index (χ4v) is 2.18. The van der Waals surface area contributed by atoms with Crippen molar-refractivity contribution in [1.82, 2.24) is 4.90 Å². The van der Waals surface area contributed by atoms with Gasteiger partial charge in [-0.15, -0.1) is 6.42 Å². The molecule has 0 spiro atoms. The van der Waals surface area contributed by atoms with Gasteiger partial charge in [-0.1, -0.05) is 42.3 Å². The molecule has 22 heavy (non-hydrogen) atoms. The maximum absolute atomic E-state index is 12.4. The second kappa shape index (κ2) is 8.09. The van der Waals surface area contributed by atoms with Crippen LogP contribution in [0.15, 0.2) is 54.3 Å². The minimum absolute atomic E-state index is 0.209. The third-order valence-electron chi connectivity index (χ3n) is 3.52. The zero-order chi connectivity index (χ0) is 15.8. The molecule has 0 saturated heterocycles. The van der Waals surface area contributed by atoms with Gasteiger partial charge in [0.15, 0.2) is 0 Å². The Kier molecular flexibility index (Phi) is 5.85. The molecule has 0 unspecified atom stereocenters. The van der Waals surface area contributed by atoms with Crippen LogP contribution in [-0.4, -0.2) is 24.5 Å². The first-order chi connectivity index (χ1) is 10.7. The molecule has 1 aromatic carbocycles. The SMILES string of the molecule is C#C/C=C(\C=C/CN(Cc1ccccc1)C(=O)C1CC1)OC. The summed E-state index contributed by atoms with van der Waals surface area (Å²) in [5.74, 6) is 3.48. The fraction of sp³-hybridized carbons (Fsp3) is 0.316. The maximum Gasteiger partial charge on any atom is 0.226 e. The average molecular weight is 295 g/mol. The fourth-order valence-electron chi connectivity index (χ4n) is 2.18. The molecule has 1 saturated carbocycles. The van der Waals surface area contributed by atoms with Gasteiger partial charge in [0.2, 0.25) is 5.91 Å². The number of methoxy groups -OCH3 is 1. The molecule has 2 rings (SSSR count). The Labute approximate surface area is 132 Å². The zero-order valence-electron chi connectivity index (χ0n) is 12.9. The molecule has 1 aliphatic rings. The highest BCUT2D eigenvalue weighted by atomic mass is 16.5. The highest BCUT2D eigenvalue weighted by molar-refractivity contribution is 5.81. The van der Waals surface area contributed by atoms with E-state index in [9.17, 15) is 4.79 Å². The van der Waals surface area contributed by atoms with E-state index in [1.165, 1.54) is 0 Å². The number of terminal acetylenes is 1. The molecular weight excluding hydrogens is 274 g/mol. The van der Waals surface area contributed by atoms with Crippen LogP contribution in [0.1, 0.15) is 18.4 Å². The summed E-state index contributed by atoms with van der Waals surface area (Å²) in [6.45, 7) is 1.18. The smallest absolute Gasteiger partial charge is 0.226 e. The van der Waals surface area contributed by atoms with Gasteiger partial charge >= 0.3 is 0 Å². The first kappa shape index (κ1) is 15.9. The van der Waals surface area contributed by atoms with Crippen molar-refractivity contribution < 1.29 is 9.53 Å². The van der Waals surface area contributed by atoms with E-state index in [0.717, 1.165) is 18.4 Å². The second-order valence-corrected chi connectivity index (χ2v) is 5.30. The number of rotatable bonds is 7. The van der Waals surface area contributed by atoms with E-state index in [2.05, 4.69) is 5.92 Å². The van der Waals surface area contributed by atoms with Crippen molar-refractivity contribution in [3.05, 3.63) is 59.9 Å². The van der Waals surface area contributed by atoms with Gasteiger partial charge in [-0.25, -0.2) is 0 Å². The van der Waals surface area contributed by atoms with E-state index >= 15 is 0 Å². The van der Waals surface area contributed by atoms with Crippen molar-refractivity contribution in [2.45, 2.75) is 19.4 Å². The molecule has 0 heterocycles. The number of carbonyl (C=O) groups is 1. The van der Waals surface area contributed by atoms with E-state index in [4.69, 9.17) is 11.2 Å². The van der Waals surface area contributed by atoms with Crippen LogP contribution in [0.2, 0.25) is 0 Å². The third kappa shape index (κ3) is 4.82. The van der Waals surface area contributed by atoms with Crippen LogP contribution in [0.25, 0.3) is 0 Å². The average Bonchev–Trinajstić information content (AvgIpc) is 3.38. The Balaban J connectivity index is 2.02. The summed E-state index contributed by atoms with van der Waals surface area (Å²) in [6, 6.07) is 10.0. The number of allylic oxidation sites excluding steroid dienone is 2. The lowest BCUT2D eigenvalue weighted by Crippen LogP contribution is -2.31. The third-order valence-corrected chi connectivity index (χ3v) is 3.52. The molecule has 0 bridgehead atoms. The first-order valence-electron chi connectivity index (χ1n) is 7.44. The Hall–Kier alpha value is -2.47. The van der Waals surface area contributed by atoms with Gasteiger partial charge in [-0.3, -0.25) is 4.79 Å². The molecule has 114 valence electrons. The Morgan fingerprint density at radius 1 is 1.41 bits per heavy atom. The Morgan fingerprint density at radius 3 is 2.73 bits per heavy atom. The predicted octanol–water partition coefficient (Wildman–Crippen LogP) is 3.14. The second-order valence-electron chi connectivity index (χ2n) is 5.30. The molecule has 3 heteroatoms. The quantitative estimate of drug-likeness (QED) is 0.439. The standard InChI is InChI=1S/C19H21NO2/c1-3-8-18(22-2)11-7-14-20(19(21)17-12-13-17)15-16-9-5-4-6-10-16/h1,4-11,17H,12-15H2,2H3/b11-7-,18-8+. The van der Waals surface area contributed by atoms with Crippen molar-refractivity contribution >= 4 is 5.91 Å². The molecule has 0 N–H and O–H groups in total. The number of hydrogen-bond donors (Lipinski definition) is 0. The topological polar surface area (TPSA) is 29.5 Å². The van der Waals surface area contributed by atoms with Crippen LogP contribution in [-0.2, 0) is 16.1 Å². The predicted molar refractivity (Wildman–Crippen MR) is 87.6 cm³/mol. The summed E-state index contributed by atoms with van der Waals surface area (Å²) < 4.78 is 5.14.